The van der Waals surface area contributed by atoms with Gasteiger partial charge in [0.25, 0.3) is 0 Å². The van der Waals surface area contributed by atoms with Gasteiger partial charge in [0.15, 0.2) is 0 Å². The van der Waals surface area contributed by atoms with Gasteiger partial charge in [-0.1, -0.05) is 0 Å². The molecule has 0 aromatic carbocycles. The first-order valence-corrected chi connectivity index (χ1v) is 7.00. The van der Waals surface area contributed by atoms with E-state index >= 15 is 0 Å². The minimum atomic E-state index is 0.380. The molecule has 0 fully saturated rings. The number of hydrogen-bond donors (Lipinski definition) is 3. The summed E-state index contributed by atoms with van der Waals surface area (Å²) in [6.45, 7) is 2.75. The number of thiazole rings is 1. The average Bonchev–Trinajstić information content (AvgIpc) is 2.77. The fraction of sp³-hybridized carbons (Fsp3) is 0.300. The van der Waals surface area contributed by atoms with Gasteiger partial charge in [-0.15, -0.1) is 11.3 Å². The van der Waals surface area contributed by atoms with Crippen molar-refractivity contribution in [2.45, 2.75) is 13.3 Å². The monoisotopic (exact) mass is 328 g/mol. The van der Waals surface area contributed by atoms with Crippen molar-refractivity contribution in [3.63, 3.8) is 0 Å². The molecule has 2 rings (SSSR count). The van der Waals surface area contributed by atoms with E-state index in [1.807, 2.05) is 6.92 Å². The molecule has 2 heterocycles. The Balaban J connectivity index is 1.93. The van der Waals surface area contributed by atoms with Gasteiger partial charge in [0, 0.05) is 24.5 Å². The lowest BCUT2D eigenvalue weighted by atomic mass is 10.3. The van der Waals surface area contributed by atoms with Gasteiger partial charge in [-0.2, -0.15) is 4.98 Å². The molecular weight excluding hydrogens is 316 g/mol. The summed E-state index contributed by atoms with van der Waals surface area (Å²) in [5.74, 6) is 6.36. The molecule has 8 heteroatoms. The molecule has 2 aromatic rings. The van der Waals surface area contributed by atoms with E-state index in [1.54, 1.807) is 17.5 Å². The van der Waals surface area contributed by atoms with Crippen LogP contribution in [0.1, 0.15) is 10.7 Å². The van der Waals surface area contributed by atoms with E-state index in [1.165, 1.54) is 0 Å². The number of hydrogen-bond acceptors (Lipinski definition) is 7. The molecular formula is C10H13BrN6S. The molecule has 0 radical (unpaired) electrons. The van der Waals surface area contributed by atoms with Crippen LogP contribution in [0.5, 0.6) is 0 Å². The summed E-state index contributed by atoms with van der Waals surface area (Å²) in [6.07, 6.45) is 2.50. The second-order valence-electron chi connectivity index (χ2n) is 3.57. The standard InChI is InChI=1S/C10H13BrN6S/c1-6-15-7(5-18-6)2-3-13-9-8(11)4-14-10(16-9)17-12/h4-5H,2-3,12H2,1H3,(H2,13,14,16,17). The topological polar surface area (TPSA) is 88.8 Å². The summed E-state index contributed by atoms with van der Waals surface area (Å²) in [5.41, 5.74) is 3.50. The third-order valence-electron chi connectivity index (χ3n) is 2.21. The smallest absolute Gasteiger partial charge is 0.239 e. The van der Waals surface area contributed by atoms with Crippen molar-refractivity contribution in [2.24, 2.45) is 5.84 Å². The van der Waals surface area contributed by atoms with Crippen LogP contribution in [0.3, 0.4) is 0 Å². The average molecular weight is 329 g/mol. The number of aryl methyl sites for hydroxylation is 1. The summed E-state index contributed by atoms with van der Waals surface area (Å²) >= 11 is 5.04. The predicted octanol–water partition coefficient (Wildman–Crippen LogP) is 1.94. The normalized spacial score (nSPS) is 10.4. The first kappa shape index (κ1) is 13.2. The highest BCUT2D eigenvalue weighted by atomic mass is 79.9. The third-order valence-corrected chi connectivity index (χ3v) is 3.62. The summed E-state index contributed by atoms with van der Waals surface area (Å²) < 4.78 is 0.802. The molecule has 18 heavy (non-hydrogen) atoms. The van der Waals surface area contributed by atoms with Crippen LogP contribution >= 0.6 is 27.3 Å². The summed E-state index contributed by atoms with van der Waals surface area (Å²) in [7, 11) is 0. The molecule has 0 bridgehead atoms. The van der Waals surface area contributed by atoms with Crippen LogP contribution in [-0.4, -0.2) is 21.5 Å². The Kier molecular flexibility index (Phi) is 4.45. The van der Waals surface area contributed by atoms with Gasteiger partial charge in [0.1, 0.15) is 5.82 Å². The highest BCUT2D eigenvalue weighted by molar-refractivity contribution is 9.10. The molecule has 0 amide bonds. The van der Waals surface area contributed by atoms with Gasteiger partial charge in [0.2, 0.25) is 5.95 Å². The lowest BCUT2D eigenvalue weighted by molar-refractivity contribution is 0.954. The minimum absolute atomic E-state index is 0.380. The van der Waals surface area contributed by atoms with E-state index in [0.717, 1.165) is 28.1 Å². The Morgan fingerprint density at radius 2 is 2.28 bits per heavy atom. The van der Waals surface area contributed by atoms with Crippen LogP contribution in [0, 0.1) is 6.92 Å². The van der Waals surface area contributed by atoms with Gasteiger partial charge >= 0.3 is 0 Å². The molecule has 96 valence electrons. The highest BCUT2D eigenvalue weighted by Gasteiger charge is 2.04. The van der Waals surface area contributed by atoms with Crippen LogP contribution in [0.15, 0.2) is 16.0 Å². The first-order valence-electron chi connectivity index (χ1n) is 5.33. The number of nitrogens with one attached hydrogen (secondary N) is 2. The number of halogens is 1. The van der Waals surface area contributed by atoms with Gasteiger partial charge in [0.05, 0.1) is 15.2 Å². The molecule has 0 saturated heterocycles. The predicted molar refractivity (Wildman–Crippen MR) is 76.6 cm³/mol. The number of anilines is 2. The molecule has 6 nitrogen and oxygen atoms in total. The summed E-state index contributed by atoms with van der Waals surface area (Å²) in [5, 5.41) is 6.37. The van der Waals surface area contributed by atoms with Gasteiger partial charge in [-0.25, -0.2) is 15.8 Å². The second-order valence-corrected chi connectivity index (χ2v) is 5.49. The Hall–Kier alpha value is -1.25. The minimum Gasteiger partial charge on any atom is -0.369 e. The van der Waals surface area contributed by atoms with E-state index in [4.69, 9.17) is 5.84 Å². The van der Waals surface area contributed by atoms with Gasteiger partial charge in [-0.3, -0.25) is 5.43 Å². The Labute approximate surface area is 117 Å². The lowest BCUT2D eigenvalue weighted by Crippen LogP contribution is -2.13. The maximum absolute atomic E-state index is 5.26. The molecule has 0 aliphatic heterocycles. The van der Waals surface area contributed by atoms with Crippen molar-refractivity contribution in [1.29, 1.82) is 0 Å². The number of nitrogens with two attached hydrogens (primary N) is 1. The maximum atomic E-state index is 5.26. The van der Waals surface area contributed by atoms with E-state index in [9.17, 15) is 0 Å². The van der Waals surface area contributed by atoms with Crippen molar-refractivity contribution in [1.82, 2.24) is 15.0 Å². The van der Waals surface area contributed by atoms with Gasteiger partial charge in [-0.05, 0) is 22.9 Å². The van der Waals surface area contributed by atoms with E-state index in [0.29, 0.717) is 11.8 Å². The fourth-order valence-electron chi connectivity index (χ4n) is 1.39. The number of nitrogens with zero attached hydrogens (tertiary/aromatic N) is 3. The molecule has 0 aliphatic carbocycles. The van der Waals surface area contributed by atoms with Crippen LogP contribution in [0.2, 0.25) is 0 Å². The zero-order chi connectivity index (χ0) is 13.0. The van der Waals surface area contributed by atoms with E-state index in [2.05, 4.69) is 47.0 Å². The van der Waals surface area contributed by atoms with Crippen molar-refractivity contribution >= 4 is 39.0 Å². The van der Waals surface area contributed by atoms with E-state index < -0.39 is 0 Å². The van der Waals surface area contributed by atoms with Crippen LogP contribution < -0.4 is 16.6 Å². The molecule has 0 aliphatic rings. The number of rotatable bonds is 5. The number of aromatic nitrogens is 3. The highest BCUT2D eigenvalue weighted by Crippen LogP contribution is 2.19. The zero-order valence-corrected chi connectivity index (χ0v) is 12.2. The van der Waals surface area contributed by atoms with Crippen molar-refractivity contribution in [2.75, 3.05) is 17.3 Å². The molecule has 0 atom stereocenters. The second kappa shape index (κ2) is 6.07. The first-order chi connectivity index (χ1) is 8.69. The van der Waals surface area contributed by atoms with Crippen LogP contribution in [0.4, 0.5) is 11.8 Å². The molecule has 0 unspecified atom stereocenters. The summed E-state index contributed by atoms with van der Waals surface area (Å²) in [4.78, 5) is 12.6. The van der Waals surface area contributed by atoms with Crippen molar-refractivity contribution < 1.29 is 0 Å². The quantitative estimate of drug-likeness (QED) is 0.574. The summed E-state index contributed by atoms with van der Waals surface area (Å²) in [6, 6.07) is 0. The Bertz CT molecular complexity index is 529. The van der Waals surface area contributed by atoms with Crippen molar-refractivity contribution in [3.8, 4) is 0 Å². The Morgan fingerprint density at radius 3 is 2.94 bits per heavy atom. The SMILES string of the molecule is Cc1nc(CCNc2nc(NN)ncc2Br)cs1. The zero-order valence-electron chi connectivity index (χ0n) is 9.77. The van der Waals surface area contributed by atoms with Crippen LogP contribution in [-0.2, 0) is 6.42 Å². The third kappa shape index (κ3) is 3.37. The van der Waals surface area contributed by atoms with E-state index in [-0.39, 0.29) is 0 Å². The fourth-order valence-corrected chi connectivity index (χ4v) is 2.37. The number of nitrogen functional groups attached to an aromatic ring is 1. The van der Waals surface area contributed by atoms with Crippen molar-refractivity contribution in [3.05, 3.63) is 26.8 Å². The Morgan fingerprint density at radius 1 is 1.44 bits per heavy atom. The maximum Gasteiger partial charge on any atom is 0.239 e. The molecule has 2 aromatic heterocycles. The largest absolute Gasteiger partial charge is 0.369 e. The van der Waals surface area contributed by atoms with Gasteiger partial charge < -0.3 is 5.32 Å². The molecule has 4 N–H and O–H groups in total. The van der Waals surface area contributed by atoms with Crippen LogP contribution in [0.25, 0.3) is 0 Å². The molecule has 0 saturated carbocycles. The molecule has 0 spiro atoms. The lowest BCUT2D eigenvalue weighted by Gasteiger charge is -2.07. The number of hydrazine groups is 1.